The second-order valence-electron chi connectivity index (χ2n) is 5.54. The molecule has 27 heavy (non-hydrogen) atoms. The zero-order valence-electron chi connectivity index (χ0n) is 13.2. The van der Waals surface area contributed by atoms with Crippen LogP contribution in [0.5, 0.6) is 11.5 Å². The number of hydrogen-bond acceptors (Lipinski definition) is 8. The highest BCUT2D eigenvalue weighted by Gasteiger charge is 2.43. The molecule has 0 spiro atoms. The summed E-state index contributed by atoms with van der Waals surface area (Å²) in [5.74, 6) is -0.0929. The average Bonchev–Trinajstić information content (AvgIpc) is 3.26. The van der Waals surface area contributed by atoms with Crippen LogP contribution in [0.15, 0.2) is 52.2 Å². The summed E-state index contributed by atoms with van der Waals surface area (Å²) in [6.07, 6.45) is 1.04. The molecule has 9 nitrogen and oxygen atoms in total. The van der Waals surface area contributed by atoms with Gasteiger partial charge >= 0.3 is 11.9 Å². The van der Waals surface area contributed by atoms with Crippen LogP contribution in [0.25, 0.3) is 28.3 Å². The lowest BCUT2D eigenvalue weighted by Gasteiger charge is -2.04. The minimum absolute atomic E-state index is 0.0261. The highest BCUT2D eigenvalue weighted by molar-refractivity contribution is 5.82. The molecule has 3 aromatic heterocycles. The predicted molar refractivity (Wildman–Crippen MR) is 84.6 cm³/mol. The second-order valence-corrected chi connectivity index (χ2v) is 5.54. The van der Waals surface area contributed by atoms with Crippen LogP contribution < -0.4 is 15.1 Å². The van der Waals surface area contributed by atoms with Crippen molar-refractivity contribution in [1.29, 1.82) is 0 Å². The maximum absolute atomic E-state index is 13.2. The molecule has 4 heterocycles. The van der Waals surface area contributed by atoms with E-state index in [9.17, 15) is 13.6 Å². The van der Waals surface area contributed by atoms with E-state index in [1.54, 1.807) is 35.4 Å². The number of rotatable bonds is 2. The molecule has 1 aliphatic rings. The first-order valence-electron chi connectivity index (χ1n) is 7.56. The van der Waals surface area contributed by atoms with Gasteiger partial charge in [-0.3, -0.25) is 4.57 Å². The summed E-state index contributed by atoms with van der Waals surface area (Å²) in [5.41, 5.74) is -0.486. The van der Waals surface area contributed by atoms with E-state index >= 15 is 0 Å². The number of alkyl halides is 2. The van der Waals surface area contributed by atoms with Crippen LogP contribution in [0.1, 0.15) is 0 Å². The summed E-state index contributed by atoms with van der Waals surface area (Å²) in [7, 11) is 0. The molecule has 0 saturated heterocycles. The quantitative estimate of drug-likeness (QED) is 0.528. The van der Waals surface area contributed by atoms with Crippen LogP contribution in [-0.2, 0) is 0 Å². The number of halogens is 2. The SMILES string of the molecule is O=c1oc(-c2ccc(-n3ccnc3)nn2)nc2cc3c(cc12)OC(F)(F)O3. The van der Waals surface area contributed by atoms with Crippen LogP contribution in [0.2, 0.25) is 0 Å². The summed E-state index contributed by atoms with van der Waals surface area (Å²) in [6, 6.07) is 5.47. The summed E-state index contributed by atoms with van der Waals surface area (Å²) in [5, 5.41) is 7.96. The number of hydrogen-bond donors (Lipinski definition) is 0. The number of imidazole rings is 1. The first-order valence-corrected chi connectivity index (χ1v) is 7.56. The van der Waals surface area contributed by atoms with Crippen LogP contribution in [0.3, 0.4) is 0 Å². The van der Waals surface area contributed by atoms with Crippen LogP contribution in [0.4, 0.5) is 8.78 Å². The molecule has 0 N–H and O–H groups in total. The zero-order valence-corrected chi connectivity index (χ0v) is 13.2. The number of ether oxygens (including phenoxy) is 2. The lowest BCUT2D eigenvalue weighted by Crippen LogP contribution is -2.25. The lowest BCUT2D eigenvalue weighted by atomic mass is 10.2. The van der Waals surface area contributed by atoms with Crippen molar-refractivity contribution in [3.05, 3.63) is 53.4 Å². The lowest BCUT2D eigenvalue weighted by molar-refractivity contribution is -0.286. The van der Waals surface area contributed by atoms with Gasteiger partial charge in [0.05, 0.1) is 10.9 Å². The Labute approximate surface area is 147 Å². The van der Waals surface area contributed by atoms with Crippen LogP contribution in [0, 0.1) is 0 Å². The third-order valence-electron chi connectivity index (χ3n) is 3.79. The molecule has 0 radical (unpaired) electrons. The fourth-order valence-electron chi connectivity index (χ4n) is 2.60. The molecule has 0 aliphatic carbocycles. The maximum Gasteiger partial charge on any atom is 0.586 e. The smallest absolute Gasteiger partial charge is 0.401 e. The molecule has 5 rings (SSSR count). The van der Waals surface area contributed by atoms with Gasteiger partial charge in [0.2, 0.25) is 0 Å². The first kappa shape index (κ1) is 15.4. The minimum Gasteiger partial charge on any atom is -0.401 e. The van der Waals surface area contributed by atoms with Gasteiger partial charge in [-0.15, -0.1) is 19.0 Å². The van der Waals surface area contributed by atoms with Gasteiger partial charge in [0, 0.05) is 24.5 Å². The third-order valence-corrected chi connectivity index (χ3v) is 3.79. The summed E-state index contributed by atoms with van der Waals surface area (Å²) in [6.45, 7) is 0. The Hall–Kier alpha value is -3.89. The molecule has 0 amide bonds. The highest BCUT2D eigenvalue weighted by Crippen LogP contribution is 2.42. The topological polar surface area (TPSA) is 105 Å². The fourth-order valence-corrected chi connectivity index (χ4v) is 2.60. The Balaban J connectivity index is 1.58. The first-order chi connectivity index (χ1) is 13.0. The van der Waals surface area contributed by atoms with Crippen molar-refractivity contribution in [3.8, 4) is 28.9 Å². The molecular formula is C16H7F2N5O4. The molecule has 4 aromatic rings. The van der Waals surface area contributed by atoms with Gasteiger partial charge in [-0.05, 0) is 12.1 Å². The highest BCUT2D eigenvalue weighted by atomic mass is 19.3. The van der Waals surface area contributed by atoms with E-state index < -0.39 is 11.9 Å². The van der Waals surface area contributed by atoms with E-state index in [0.29, 0.717) is 5.82 Å². The van der Waals surface area contributed by atoms with E-state index in [1.165, 1.54) is 6.07 Å². The molecule has 134 valence electrons. The van der Waals surface area contributed by atoms with Gasteiger partial charge < -0.3 is 13.9 Å². The number of nitrogens with zero attached hydrogens (tertiary/aromatic N) is 5. The summed E-state index contributed by atoms with van der Waals surface area (Å²) in [4.78, 5) is 20.3. The van der Waals surface area contributed by atoms with Crippen molar-refractivity contribution in [3.63, 3.8) is 0 Å². The van der Waals surface area contributed by atoms with E-state index in [0.717, 1.165) is 6.07 Å². The average molecular weight is 371 g/mol. The molecule has 0 fully saturated rings. The van der Waals surface area contributed by atoms with Crippen molar-refractivity contribution in [2.75, 3.05) is 0 Å². The number of aromatic nitrogens is 5. The van der Waals surface area contributed by atoms with Gasteiger partial charge in [0.15, 0.2) is 17.3 Å². The van der Waals surface area contributed by atoms with E-state index in [4.69, 9.17) is 4.42 Å². The summed E-state index contributed by atoms with van der Waals surface area (Å²) < 4.78 is 41.9. The molecule has 1 aliphatic heterocycles. The number of fused-ring (bicyclic) bond motifs is 2. The Bertz CT molecular complexity index is 1220. The van der Waals surface area contributed by atoms with Gasteiger partial charge in [-0.2, -0.15) is 0 Å². The molecule has 0 saturated carbocycles. The molecular weight excluding hydrogens is 364 g/mol. The number of benzene rings is 1. The van der Waals surface area contributed by atoms with E-state index in [-0.39, 0.29) is 34.0 Å². The Kier molecular flexibility index (Phi) is 3.02. The minimum atomic E-state index is -3.79. The van der Waals surface area contributed by atoms with Gasteiger partial charge in [-0.25, -0.2) is 14.8 Å². The van der Waals surface area contributed by atoms with Gasteiger partial charge in [0.1, 0.15) is 12.0 Å². The van der Waals surface area contributed by atoms with Gasteiger partial charge in [0.25, 0.3) is 5.89 Å². The van der Waals surface area contributed by atoms with Crippen LogP contribution >= 0.6 is 0 Å². The molecule has 11 heteroatoms. The Morgan fingerprint density at radius 3 is 2.59 bits per heavy atom. The van der Waals surface area contributed by atoms with E-state index in [2.05, 4.69) is 29.6 Å². The molecule has 1 aromatic carbocycles. The maximum atomic E-state index is 13.2. The van der Waals surface area contributed by atoms with Crippen molar-refractivity contribution in [1.82, 2.24) is 24.7 Å². The van der Waals surface area contributed by atoms with Crippen molar-refractivity contribution in [2.24, 2.45) is 0 Å². The standard InChI is InChI=1S/C16H7F2N5O4/c17-16(18)26-11-5-8-10(6-12(11)27-16)20-14(25-15(8)24)9-1-2-13(22-21-9)23-4-3-19-7-23/h1-7H. The fraction of sp³-hybridized carbons (Fsp3) is 0.0625. The normalized spacial score (nSPS) is 14.6. The van der Waals surface area contributed by atoms with Crippen molar-refractivity contribution in [2.45, 2.75) is 6.29 Å². The molecule has 0 atom stereocenters. The predicted octanol–water partition coefficient (Wildman–Crippen LogP) is 2.15. The largest absolute Gasteiger partial charge is 0.586 e. The monoisotopic (exact) mass is 371 g/mol. The van der Waals surface area contributed by atoms with E-state index in [1.807, 2.05) is 0 Å². The van der Waals surface area contributed by atoms with Crippen LogP contribution in [-0.4, -0.2) is 31.0 Å². The van der Waals surface area contributed by atoms with Crippen molar-refractivity contribution < 1.29 is 22.7 Å². The van der Waals surface area contributed by atoms with Crippen molar-refractivity contribution >= 4 is 10.9 Å². The Morgan fingerprint density at radius 2 is 1.89 bits per heavy atom. The Morgan fingerprint density at radius 1 is 1.07 bits per heavy atom. The molecule has 0 unspecified atom stereocenters. The second kappa shape index (κ2) is 5.30. The zero-order chi connectivity index (χ0) is 18.6. The summed E-state index contributed by atoms with van der Waals surface area (Å²) >= 11 is 0. The molecule has 0 bridgehead atoms. The van der Waals surface area contributed by atoms with Gasteiger partial charge in [-0.1, -0.05) is 0 Å². The third kappa shape index (κ3) is 2.56.